The maximum atomic E-state index is 12.3. The molecule has 0 saturated carbocycles. The van der Waals surface area contributed by atoms with E-state index in [1.165, 1.54) is 5.56 Å². The molecule has 3 heteroatoms. The Labute approximate surface area is 121 Å². The van der Waals surface area contributed by atoms with Gasteiger partial charge >= 0.3 is 0 Å². The van der Waals surface area contributed by atoms with Crippen molar-refractivity contribution in [3.05, 3.63) is 47.5 Å². The minimum Gasteiger partial charge on any atom is -0.302 e. The smallest absolute Gasteiger partial charge is 0.139 e. The van der Waals surface area contributed by atoms with Crippen molar-refractivity contribution in [3.8, 4) is 0 Å². The number of aldehydes is 1. The first-order valence-corrected chi connectivity index (χ1v) is 7.93. The molecule has 0 saturated heterocycles. The van der Waals surface area contributed by atoms with Crippen LogP contribution in [0, 0.1) is 0 Å². The van der Waals surface area contributed by atoms with Gasteiger partial charge in [-0.1, -0.05) is 44.2 Å². The summed E-state index contributed by atoms with van der Waals surface area (Å²) in [5, 5.41) is 1.70. The van der Waals surface area contributed by atoms with Crippen LogP contribution in [0.15, 0.2) is 41.3 Å². The lowest BCUT2D eigenvalue weighted by Gasteiger charge is -2.16. The molecule has 2 unspecified atom stereocenters. The third-order valence-electron chi connectivity index (χ3n) is 3.72. The molecule has 2 aromatic rings. The van der Waals surface area contributed by atoms with Gasteiger partial charge in [-0.25, -0.2) is 0 Å². The van der Waals surface area contributed by atoms with Crippen molar-refractivity contribution in [2.45, 2.75) is 29.9 Å². The van der Waals surface area contributed by atoms with E-state index in [1.54, 1.807) is 6.08 Å². The van der Waals surface area contributed by atoms with Crippen LogP contribution in [0.5, 0.6) is 0 Å². The molecule has 1 heterocycles. The topological polar surface area (TPSA) is 34.1 Å². The second kappa shape index (κ2) is 4.98. The fraction of sp³-hybridized carbons (Fsp3) is 0.235. The molecule has 102 valence electrons. The Balaban J connectivity index is 2.21. The molecule has 1 aliphatic rings. The number of benzene rings is 2. The van der Waals surface area contributed by atoms with Crippen LogP contribution in [0.1, 0.15) is 30.9 Å². The Hall–Kier alpha value is -1.74. The maximum Gasteiger partial charge on any atom is 0.139 e. The fourth-order valence-corrected chi connectivity index (χ4v) is 3.71. The van der Waals surface area contributed by atoms with Crippen molar-refractivity contribution in [1.82, 2.24) is 0 Å². The first kappa shape index (κ1) is 13.3. The fourth-order valence-electron chi connectivity index (χ4n) is 2.49. The molecular formula is C17H16O2S. The molecule has 0 fully saturated rings. The molecule has 20 heavy (non-hydrogen) atoms. The van der Waals surface area contributed by atoms with Crippen molar-refractivity contribution in [3.63, 3.8) is 0 Å². The number of rotatable bonds is 2. The summed E-state index contributed by atoms with van der Waals surface area (Å²) in [6, 6.07) is 10.4. The predicted octanol–water partition coefficient (Wildman–Crippen LogP) is 3.67. The Morgan fingerprint density at radius 1 is 1.15 bits per heavy atom. The second-order valence-electron chi connectivity index (χ2n) is 5.41. The van der Waals surface area contributed by atoms with Crippen molar-refractivity contribution in [1.29, 1.82) is 0 Å². The van der Waals surface area contributed by atoms with Crippen LogP contribution in [-0.4, -0.2) is 15.7 Å². The van der Waals surface area contributed by atoms with Gasteiger partial charge < -0.3 is 4.79 Å². The van der Waals surface area contributed by atoms with Gasteiger partial charge in [0.2, 0.25) is 0 Å². The molecule has 0 amide bonds. The highest BCUT2D eigenvalue weighted by atomic mass is 32.2. The van der Waals surface area contributed by atoms with Crippen LogP contribution in [0.2, 0.25) is 0 Å². The van der Waals surface area contributed by atoms with E-state index >= 15 is 0 Å². The largest absolute Gasteiger partial charge is 0.302 e. The summed E-state index contributed by atoms with van der Waals surface area (Å²) in [6.45, 7) is 4.31. The van der Waals surface area contributed by atoms with E-state index in [1.807, 2.05) is 18.2 Å². The van der Waals surface area contributed by atoms with Gasteiger partial charge in [-0.15, -0.1) is 0 Å². The zero-order valence-electron chi connectivity index (χ0n) is 11.5. The van der Waals surface area contributed by atoms with E-state index in [9.17, 15) is 9.00 Å². The molecule has 3 rings (SSSR count). The van der Waals surface area contributed by atoms with Gasteiger partial charge in [-0.2, -0.15) is 0 Å². The summed E-state index contributed by atoms with van der Waals surface area (Å²) >= 11 is 0. The average Bonchev–Trinajstić information content (AvgIpc) is 2.45. The molecule has 0 N–H and O–H groups in total. The molecule has 1 aliphatic heterocycles. The van der Waals surface area contributed by atoms with Gasteiger partial charge in [-0.05, 0) is 39.9 Å². The van der Waals surface area contributed by atoms with E-state index in [4.69, 9.17) is 0 Å². The Morgan fingerprint density at radius 2 is 1.95 bits per heavy atom. The zero-order chi connectivity index (χ0) is 14.3. The number of carbonyl (C=O) groups excluding carboxylic acids is 1. The quantitative estimate of drug-likeness (QED) is 0.789. The lowest BCUT2D eigenvalue weighted by atomic mass is 9.98. The molecule has 2 aromatic carbocycles. The highest BCUT2D eigenvalue weighted by molar-refractivity contribution is 7.86. The van der Waals surface area contributed by atoms with Gasteiger partial charge in [0.1, 0.15) is 11.5 Å². The van der Waals surface area contributed by atoms with Gasteiger partial charge in [-0.3, -0.25) is 4.21 Å². The van der Waals surface area contributed by atoms with Crippen molar-refractivity contribution in [2.75, 3.05) is 0 Å². The normalized spacial score (nSPS) is 21.1. The highest BCUT2D eigenvalue weighted by Crippen LogP contribution is 2.30. The molecule has 2 nitrogen and oxygen atoms in total. The van der Waals surface area contributed by atoms with E-state index in [0.29, 0.717) is 5.92 Å². The summed E-state index contributed by atoms with van der Waals surface area (Å²) in [5.74, 6) is 0.462. The Morgan fingerprint density at radius 3 is 2.65 bits per heavy atom. The van der Waals surface area contributed by atoms with Crippen LogP contribution in [0.25, 0.3) is 16.8 Å². The molecular weight excluding hydrogens is 268 g/mol. The zero-order valence-corrected chi connectivity index (χ0v) is 12.3. The average molecular weight is 284 g/mol. The van der Waals surface area contributed by atoms with Crippen LogP contribution < -0.4 is 0 Å². The molecule has 0 spiro atoms. The highest BCUT2D eigenvalue weighted by Gasteiger charge is 2.22. The first-order valence-electron chi connectivity index (χ1n) is 6.72. The van der Waals surface area contributed by atoms with Gasteiger partial charge in [0.25, 0.3) is 0 Å². The van der Waals surface area contributed by atoms with Crippen molar-refractivity contribution in [2.24, 2.45) is 0 Å². The minimum absolute atomic E-state index is 0.462. The maximum absolute atomic E-state index is 12.3. The third-order valence-corrected chi connectivity index (χ3v) is 5.27. The SMILES string of the molecule is CC(C)c1ccc2cc3c(cc2c1)S(=O)C(C=O)C=C3. The van der Waals surface area contributed by atoms with Crippen molar-refractivity contribution < 1.29 is 9.00 Å². The van der Waals surface area contributed by atoms with Crippen LogP contribution >= 0.6 is 0 Å². The predicted molar refractivity (Wildman–Crippen MR) is 83.3 cm³/mol. The molecule has 0 aromatic heterocycles. The second-order valence-corrected chi connectivity index (χ2v) is 6.99. The monoisotopic (exact) mass is 284 g/mol. The third kappa shape index (κ3) is 2.12. The van der Waals surface area contributed by atoms with Gasteiger partial charge in [0.05, 0.1) is 10.8 Å². The minimum atomic E-state index is -1.28. The van der Waals surface area contributed by atoms with E-state index < -0.39 is 16.0 Å². The Bertz CT molecular complexity index is 744. The molecule has 0 radical (unpaired) electrons. The van der Waals surface area contributed by atoms with Crippen molar-refractivity contribution >= 4 is 33.9 Å². The molecule has 0 aliphatic carbocycles. The summed E-state index contributed by atoms with van der Waals surface area (Å²) in [4.78, 5) is 11.7. The van der Waals surface area contributed by atoms with Crippen LogP contribution in [-0.2, 0) is 15.6 Å². The number of fused-ring (bicyclic) bond motifs is 2. The summed E-state index contributed by atoms with van der Waals surface area (Å²) in [5.41, 5.74) is 2.22. The van der Waals surface area contributed by atoms with Gasteiger partial charge in [0.15, 0.2) is 0 Å². The van der Waals surface area contributed by atoms with Crippen LogP contribution in [0.4, 0.5) is 0 Å². The lowest BCUT2D eigenvalue weighted by Crippen LogP contribution is -2.17. The van der Waals surface area contributed by atoms with E-state index in [0.717, 1.165) is 27.5 Å². The summed E-state index contributed by atoms with van der Waals surface area (Å²) < 4.78 is 12.3. The Kier molecular flexibility index (Phi) is 3.30. The standard InChI is InChI=1S/C17H16O2S/c1-11(2)12-3-4-13-8-14-5-6-16(10-18)20(19)17(14)9-15(13)7-12/h3-11,16H,1-2H3. The summed E-state index contributed by atoms with van der Waals surface area (Å²) in [6.07, 6.45) is 4.37. The molecule has 2 atom stereocenters. The van der Waals surface area contributed by atoms with E-state index in [-0.39, 0.29) is 0 Å². The number of hydrogen-bond donors (Lipinski definition) is 0. The first-order chi connectivity index (χ1) is 9.60. The van der Waals surface area contributed by atoms with E-state index in [2.05, 4.69) is 32.0 Å². The number of hydrogen-bond acceptors (Lipinski definition) is 2. The molecule has 0 bridgehead atoms. The summed E-state index contributed by atoms with van der Waals surface area (Å²) in [7, 11) is -1.28. The number of carbonyl (C=O) groups is 1. The lowest BCUT2D eigenvalue weighted by molar-refractivity contribution is -0.106. The van der Waals surface area contributed by atoms with Gasteiger partial charge in [0, 0.05) is 4.90 Å². The van der Waals surface area contributed by atoms with Crippen LogP contribution in [0.3, 0.4) is 0 Å².